The van der Waals surface area contributed by atoms with E-state index in [0.717, 1.165) is 42.7 Å². The minimum absolute atomic E-state index is 0.107. The molecule has 3 heterocycles. The van der Waals surface area contributed by atoms with Crippen LogP contribution in [0, 0.1) is 0 Å². The number of aromatic hydroxyl groups is 1. The third kappa shape index (κ3) is 4.18. The summed E-state index contributed by atoms with van der Waals surface area (Å²) in [6, 6.07) is 14.7. The molecule has 1 aromatic heterocycles. The van der Waals surface area contributed by atoms with Gasteiger partial charge in [0.1, 0.15) is 11.3 Å². The van der Waals surface area contributed by atoms with Gasteiger partial charge in [-0.05, 0) is 29.7 Å². The molecule has 0 amide bonds. The second-order valence-corrected chi connectivity index (χ2v) is 10.9. The molecule has 0 saturated carbocycles. The topological polar surface area (TPSA) is 91.1 Å². The molecule has 0 aliphatic carbocycles. The van der Waals surface area contributed by atoms with Gasteiger partial charge in [-0.2, -0.15) is 0 Å². The third-order valence-corrected chi connectivity index (χ3v) is 8.34. The van der Waals surface area contributed by atoms with Gasteiger partial charge in [0.15, 0.2) is 9.84 Å². The van der Waals surface area contributed by atoms with Crippen LogP contribution in [0.25, 0.3) is 22.1 Å². The molecule has 0 unspecified atom stereocenters. The number of hydrogen-bond donors (Lipinski definition) is 1. The number of hydrogen-bond acceptors (Lipinski definition) is 7. The van der Waals surface area contributed by atoms with Crippen molar-refractivity contribution in [3.05, 3.63) is 64.5 Å². The lowest BCUT2D eigenvalue weighted by Gasteiger charge is -2.37. The Morgan fingerprint density at radius 2 is 1.78 bits per heavy atom. The molecule has 2 aliphatic rings. The second-order valence-electron chi connectivity index (χ2n) is 8.65. The Morgan fingerprint density at radius 1 is 1.03 bits per heavy atom. The molecular weight excluding hydrogens is 428 g/mol. The summed E-state index contributed by atoms with van der Waals surface area (Å²) in [5.74, 6) is 0.643. The summed E-state index contributed by atoms with van der Waals surface area (Å²) in [4.78, 5) is 16.8. The molecule has 2 aliphatic heterocycles. The fourth-order valence-corrected chi connectivity index (χ4v) is 6.62. The molecule has 0 radical (unpaired) electrons. The summed E-state index contributed by atoms with van der Waals surface area (Å²) in [6.45, 7) is 3.54. The molecule has 0 spiro atoms. The molecule has 8 heteroatoms. The van der Waals surface area contributed by atoms with Crippen LogP contribution >= 0.6 is 0 Å². The van der Waals surface area contributed by atoms with Gasteiger partial charge < -0.3 is 9.52 Å². The van der Waals surface area contributed by atoms with Crippen molar-refractivity contribution >= 4 is 20.8 Å². The number of sulfone groups is 1. The van der Waals surface area contributed by atoms with E-state index in [2.05, 4.69) is 9.80 Å². The SMILES string of the molecule is O=c1cc(-c2ccccc2)c2ccc(O)c(CN3CCN([C@H]4CCS(=O)(=O)C4)CC3)c2o1. The highest BCUT2D eigenvalue weighted by Gasteiger charge is 2.33. The third-order valence-electron chi connectivity index (χ3n) is 6.59. The normalized spacial score (nSPS) is 21.8. The molecule has 5 rings (SSSR count). The van der Waals surface area contributed by atoms with Crippen molar-refractivity contribution in [1.29, 1.82) is 0 Å². The minimum atomic E-state index is -2.90. The summed E-state index contributed by atoms with van der Waals surface area (Å²) in [5.41, 5.74) is 2.28. The Labute approximate surface area is 186 Å². The summed E-state index contributed by atoms with van der Waals surface area (Å²) in [5, 5.41) is 11.4. The lowest BCUT2D eigenvalue weighted by atomic mass is 9.99. The first-order valence-corrected chi connectivity index (χ1v) is 12.7. The maximum Gasteiger partial charge on any atom is 0.336 e. The lowest BCUT2D eigenvalue weighted by Crippen LogP contribution is -2.50. The highest BCUT2D eigenvalue weighted by molar-refractivity contribution is 7.91. The number of piperazine rings is 1. The molecule has 168 valence electrons. The van der Waals surface area contributed by atoms with Crippen LogP contribution in [0.15, 0.2) is 57.7 Å². The lowest BCUT2D eigenvalue weighted by molar-refractivity contribution is 0.0996. The zero-order valence-electron chi connectivity index (χ0n) is 17.7. The van der Waals surface area contributed by atoms with Crippen LogP contribution in [0.4, 0.5) is 0 Å². The van der Waals surface area contributed by atoms with E-state index in [1.165, 1.54) is 6.07 Å². The van der Waals surface area contributed by atoms with E-state index in [4.69, 9.17) is 4.42 Å². The number of benzene rings is 2. The van der Waals surface area contributed by atoms with Gasteiger partial charge >= 0.3 is 5.63 Å². The highest BCUT2D eigenvalue weighted by Crippen LogP contribution is 2.34. The van der Waals surface area contributed by atoms with E-state index in [1.54, 1.807) is 12.1 Å². The first-order valence-electron chi connectivity index (χ1n) is 10.9. The second kappa shape index (κ2) is 8.35. The van der Waals surface area contributed by atoms with Crippen LogP contribution in [-0.2, 0) is 16.4 Å². The molecule has 0 bridgehead atoms. The summed E-state index contributed by atoms with van der Waals surface area (Å²) in [7, 11) is -2.90. The van der Waals surface area contributed by atoms with Crippen LogP contribution in [0.5, 0.6) is 5.75 Å². The minimum Gasteiger partial charge on any atom is -0.507 e. The largest absolute Gasteiger partial charge is 0.507 e. The van der Waals surface area contributed by atoms with Crippen molar-refractivity contribution in [2.24, 2.45) is 0 Å². The molecule has 3 aromatic rings. The van der Waals surface area contributed by atoms with Crippen molar-refractivity contribution in [3.8, 4) is 16.9 Å². The fourth-order valence-electron chi connectivity index (χ4n) is 4.85. The van der Waals surface area contributed by atoms with Gasteiger partial charge in [-0.15, -0.1) is 0 Å². The van der Waals surface area contributed by atoms with E-state index in [0.29, 0.717) is 24.1 Å². The predicted octanol–water partition coefficient (Wildman–Crippen LogP) is 2.47. The van der Waals surface area contributed by atoms with E-state index < -0.39 is 15.5 Å². The zero-order chi connectivity index (χ0) is 22.3. The number of phenolic OH excluding ortho intramolecular Hbond substituents is 1. The summed E-state index contributed by atoms with van der Waals surface area (Å²) in [6.07, 6.45) is 0.708. The standard InChI is InChI=1S/C24H26N2O5S/c27-22-7-6-19-20(17-4-2-1-3-5-17)14-23(28)31-24(19)21(22)15-25-9-11-26(12-10-25)18-8-13-32(29,30)16-18/h1-7,14,18,27H,8-13,15-16H2/t18-/m0/s1. The van der Waals surface area contributed by atoms with E-state index in [9.17, 15) is 18.3 Å². The number of rotatable bonds is 4. The first kappa shape index (κ1) is 21.2. The number of fused-ring (bicyclic) bond motifs is 1. The van der Waals surface area contributed by atoms with E-state index >= 15 is 0 Å². The molecule has 1 atom stereocenters. The average Bonchev–Trinajstić information content (AvgIpc) is 3.16. The van der Waals surface area contributed by atoms with Crippen LogP contribution in [-0.4, -0.2) is 67.1 Å². The van der Waals surface area contributed by atoms with Crippen LogP contribution in [0.3, 0.4) is 0 Å². The maximum atomic E-state index is 12.4. The van der Waals surface area contributed by atoms with Gasteiger partial charge in [-0.25, -0.2) is 13.2 Å². The van der Waals surface area contributed by atoms with Crippen LogP contribution in [0.1, 0.15) is 12.0 Å². The fraction of sp³-hybridized carbons (Fsp3) is 0.375. The maximum absolute atomic E-state index is 12.4. The van der Waals surface area contributed by atoms with Crippen LogP contribution in [0.2, 0.25) is 0 Å². The van der Waals surface area contributed by atoms with Crippen LogP contribution < -0.4 is 5.63 Å². The Hall–Kier alpha value is -2.68. The predicted molar refractivity (Wildman–Crippen MR) is 123 cm³/mol. The Balaban J connectivity index is 1.40. The average molecular weight is 455 g/mol. The number of phenols is 1. The smallest absolute Gasteiger partial charge is 0.336 e. The van der Waals surface area contributed by atoms with Crippen molar-refractivity contribution in [2.45, 2.75) is 19.0 Å². The van der Waals surface area contributed by atoms with Crippen molar-refractivity contribution < 1.29 is 17.9 Å². The Morgan fingerprint density at radius 3 is 2.47 bits per heavy atom. The quantitative estimate of drug-likeness (QED) is 0.606. The highest BCUT2D eigenvalue weighted by atomic mass is 32.2. The summed E-state index contributed by atoms with van der Waals surface area (Å²) >= 11 is 0. The summed E-state index contributed by atoms with van der Waals surface area (Å²) < 4.78 is 29.2. The number of nitrogens with zero attached hydrogens (tertiary/aromatic N) is 2. The van der Waals surface area contributed by atoms with E-state index in [-0.39, 0.29) is 23.3 Å². The van der Waals surface area contributed by atoms with Crippen molar-refractivity contribution in [3.63, 3.8) is 0 Å². The van der Waals surface area contributed by atoms with Gasteiger partial charge in [-0.3, -0.25) is 9.80 Å². The Kier molecular flexibility index (Phi) is 5.53. The van der Waals surface area contributed by atoms with E-state index in [1.807, 2.05) is 30.3 Å². The van der Waals surface area contributed by atoms with Crippen molar-refractivity contribution in [2.75, 3.05) is 37.7 Å². The molecule has 2 saturated heterocycles. The van der Waals surface area contributed by atoms with Gasteiger partial charge in [-0.1, -0.05) is 30.3 Å². The monoisotopic (exact) mass is 454 g/mol. The van der Waals surface area contributed by atoms with Gasteiger partial charge in [0.05, 0.1) is 17.1 Å². The molecular formula is C24H26N2O5S. The molecule has 2 aromatic carbocycles. The Bertz CT molecular complexity index is 1300. The van der Waals surface area contributed by atoms with Gasteiger partial charge in [0.25, 0.3) is 0 Å². The molecule has 32 heavy (non-hydrogen) atoms. The first-order chi connectivity index (χ1) is 15.4. The van der Waals surface area contributed by atoms with Gasteiger partial charge in [0, 0.05) is 50.2 Å². The molecule has 7 nitrogen and oxygen atoms in total. The zero-order valence-corrected chi connectivity index (χ0v) is 18.6. The van der Waals surface area contributed by atoms with Gasteiger partial charge in [0.2, 0.25) is 0 Å². The molecule has 1 N–H and O–H groups in total. The van der Waals surface area contributed by atoms with Crippen molar-refractivity contribution in [1.82, 2.24) is 9.80 Å². The molecule has 2 fully saturated rings.